The van der Waals surface area contributed by atoms with Crippen LogP contribution in [0.1, 0.15) is 47.8 Å². The van der Waals surface area contributed by atoms with E-state index >= 15 is 0 Å². The van der Waals surface area contributed by atoms with Crippen LogP contribution in [-0.4, -0.2) is 27.7 Å². The van der Waals surface area contributed by atoms with Crippen molar-refractivity contribution in [1.29, 1.82) is 0 Å². The highest BCUT2D eigenvalue weighted by molar-refractivity contribution is 7.92. The summed E-state index contributed by atoms with van der Waals surface area (Å²) in [6.45, 7) is 4.45. The Labute approximate surface area is 202 Å². The average molecular weight is 481 g/mol. The number of nitrogens with zero attached hydrogens (tertiary/aromatic N) is 1. The van der Waals surface area contributed by atoms with Crippen LogP contribution in [-0.2, 0) is 16.6 Å². The first-order valence-electron chi connectivity index (χ1n) is 11.2. The van der Waals surface area contributed by atoms with Gasteiger partial charge in [-0.3, -0.25) is 9.10 Å². The van der Waals surface area contributed by atoms with Crippen LogP contribution < -0.4 is 14.4 Å². The van der Waals surface area contributed by atoms with Gasteiger partial charge in [-0.15, -0.1) is 0 Å². The third-order valence-electron chi connectivity index (χ3n) is 5.52. The highest BCUT2D eigenvalue weighted by atomic mass is 32.2. The molecule has 34 heavy (non-hydrogen) atoms. The van der Waals surface area contributed by atoms with Crippen LogP contribution in [0.4, 0.5) is 5.69 Å². The monoisotopic (exact) mass is 480 g/mol. The molecule has 0 saturated carbocycles. The average Bonchev–Trinajstić information content (AvgIpc) is 2.82. The van der Waals surface area contributed by atoms with Gasteiger partial charge in [-0.25, -0.2) is 8.42 Å². The third-order valence-corrected chi connectivity index (χ3v) is 6.66. The molecule has 0 heterocycles. The number of ether oxygens (including phenoxy) is 1. The van der Waals surface area contributed by atoms with E-state index in [1.54, 1.807) is 31.4 Å². The fraction of sp³-hybridized carbons (Fsp3) is 0.296. The van der Waals surface area contributed by atoms with E-state index in [0.29, 0.717) is 17.2 Å². The highest BCUT2D eigenvalue weighted by Gasteiger charge is 2.20. The standard InChI is InChI=1S/C27H32N2O4S/c1-20(2)18-26(22-12-16-25(33-3)17-13-22)28-27(30)23-10-14-24(15-11-23)29(34(4,31)32)19-21-8-6-5-7-9-21/h5-17,20,26H,18-19H2,1-4H3,(H,28,30). The first-order chi connectivity index (χ1) is 16.2. The van der Waals surface area contributed by atoms with Crippen molar-refractivity contribution in [2.75, 3.05) is 17.7 Å². The largest absolute Gasteiger partial charge is 0.497 e. The summed E-state index contributed by atoms with van der Waals surface area (Å²) < 4.78 is 31.5. The Morgan fingerprint density at radius 3 is 2.09 bits per heavy atom. The van der Waals surface area contributed by atoms with Gasteiger partial charge in [-0.1, -0.05) is 56.3 Å². The van der Waals surface area contributed by atoms with Gasteiger partial charge in [0.1, 0.15) is 5.75 Å². The van der Waals surface area contributed by atoms with Gasteiger partial charge < -0.3 is 10.1 Å². The number of methoxy groups -OCH3 is 1. The number of carbonyl (C=O) groups excluding carboxylic acids is 1. The van der Waals surface area contributed by atoms with Crippen molar-refractivity contribution >= 4 is 21.6 Å². The maximum atomic E-state index is 13.0. The summed E-state index contributed by atoms with van der Waals surface area (Å²) >= 11 is 0. The molecular formula is C27H32N2O4S. The van der Waals surface area contributed by atoms with Gasteiger partial charge in [0.2, 0.25) is 10.0 Å². The molecule has 1 N–H and O–H groups in total. The zero-order valence-corrected chi connectivity index (χ0v) is 20.9. The van der Waals surface area contributed by atoms with Crippen LogP contribution in [0.3, 0.4) is 0 Å². The minimum atomic E-state index is -3.50. The molecule has 3 aromatic carbocycles. The number of anilines is 1. The summed E-state index contributed by atoms with van der Waals surface area (Å²) in [5.74, 6) is 0.943. The molecule has 1 unspecified atom stereocenters. The number of rotatable bonds is 10. The summed E-state index contributed by atoms with van der Waals surface area (Å²) in [5.41, 5.74) is 2.87. The minimum absolute atomic E-state index is 0.149. The van der Waals surface area contributed by atoms with Gasteiger partial charge in [0.15, 0.2) is 0 Å². The minimum Gasteiger partial charge on any atom is -0.497 e. The van der Waals surface area contributed by atoms with Crippen molar-refractivity contribution in [1.82, 2.24) is 5.32 Å². The van der Waals surface area contributed by atoms with Gasteiger partial charge in [-0.2, -0.15) is 0 Å². The predicted molar refractivity (Wildman–Crippen MR) is 137 cm³/mol. The van der Waals surface area contributed by atoms with E-state index in [0.717, 1.165) is 23.3 Å². The molecule has 6 nitrogen and oxygen atoms in total. The van der Waals surface area contributed by atoms with E-state index in [-0.39, 0.29) is 18.5 Å². The van der Waals surface area contributed by atoms with Gasteiger partial charge in [-0.05, 0) is 59.9 Å². The SMILES string of the molecule is COc1ccc(C(CC(C)C)NC(=O)c2ccc(N(Cc3ccccc3)S(C)(=O)=O)cc2)cc1. The molecule has 0 aliphatic rings. The molecule has 0 radical (unpaired) electrons. The summed E-state index contributed by atoms with van der Waals surface area (Å²) in [6, 6.07) is 23.6. The van der Waals surface area contributed by atoms with Crippen molar-refractivity contribution < 1.29 is 17.9 Å². The molecule has 1 atom stereocenters. The quantitative estimate of drug-likeness (QED) is 0.434. The molecular weight excluding hydrogens is 448 g/mol. The molecule has 3 rings (SSSR count). The second-order valence-electron chi connectivity index (χ2n) is 8.73. The molecule has 7 heteroatoms. The Morgan fingerprint density at radius 1 is 0.941 bits per heavy atom. The summed E-state index contributed by atoms with van der Waals surface area (Å²) in [7, 11) is -1.88. The molecule has 0 aromatic heterocycles. The zero-order valence-electron chi connectivity index (χ0n) is 20.1. The lowest BCUT2D eigenvalue weighted by Gasteiger charge is -2.23. The molecule has 0 fully saturated rings. The van der Waals surface area contributed by atoms with Crippen LogP contribution in [0.25, 0.3) is 0 Å². The zero-order chi connectivity index (χ0) is 24.7. The molecule has 0 aliphatic carbocycles. The predicted octanol–water partition coefficient (Wildman–Crippen LogP) is 5.18. The fourth-order valence-corrected chi connectivity index (χ4v) is 4.64. The van der Waals surface area contributed by atoms with E-state index in [1.807, 2.05) is 54.6 Å². The van der Waals surface area contributed by atoms with Gasteiger partial charge >= 0.3 is 0 Å². The van der Waals surface area contributed by atoms with Crippen LogP contribution in [0, 0.1) is 5.92 Å². The summed E-state index contributed by atoms with van der Waals surface area (Å²) in [5, 5.41) is 3.13. The number of hydrogen-bond donors (Lipinski definition) is 1. The highest BCUT2D eigenvalue weighted by Crippen LogP contribution is 2.25. The van der Waals surface area contributed by atoms with E-state index < -0.39 is 10.0 Å². The smallest absolute Gasteiger partial charge is 0.251 e. The van der Waals surface area contributed by atoms with Crippen molar-refractivity contribution in [2.24, 2.45) is 5.92 Å². The lowest BCUT2D eigenvalue weighted by Crippen LogP contribution is -2.30. The van der Waals surface area contributed by atoms with Crippen molar-refractivity contribution in [3.8, 4) is 5.75 Å². The Hall–Kier alpha value is -3.32. The number of benzene rings is 3. The van der Waals surface area contributed by atoms with E-state index in [4.69, 9.17) is 4.74 Å². The van der Waals surface area contributed by atoms with Crippen LogP contribution in [0.5, 0.6) is 5.75 Å². The molecule has 3 aromatic rings. The van der Waals surface area contributed by atoms with Crippen molar-refractivity contribution in [3.05, 3.63) is 95.6 Å². The second-order valence-corrected chi connectivity index (χ2v) is 10.6. The Morgan fingerprint density at radius 2 is 1.56 bits per heavy atom. The molecule has 0 bridgehead atoms. The Bertz CT molecular complexity index is 1180. The summed E-state index contributed by atoms with van der Waals surface area (Å²) in [4.78, 5) is 13.0. The lowest BCUT2D eigenvalue weighted by molar-refractivity contribution is 0.0932. The number of amides is 1. The van der Waals surface area contributed by atoms with Crippen molar-refractivity contribution in [3.63, 3.8) is 0 Å². The third kappa shape index (κ3) is 6.84. The van der Waals surface area contributed by atoms with Gasteiger partial charge in [0, 0.05) is 5.56 Å². The number of sulfonamides is 1. The molecule has 1 amide bonds. The Balaban J connectivity index is 1.79. The van der Waals surface area contributed by atoms with E-state index in [9.17, 15) is 13.2 Å². The number of nitrogens with one attached hydrogen (secondary N) is 1. The van der Waals surface area contributed by atoms with Gasteiger partial charge in [0.25, 0.3) is 5.91 Å². The van der Waals surface area contributed by atoms with Crippen LogP contribution in [0.2, 0.25) is 0 Å². The first kappa shape index (κ1) is 25.3. The Kier molecular flexibility index (Phi) is 8.34. The normalized spacial score (nSPS) is 12.3. The number of hydrogen-bond acceptors (Lipinski definition) is 4. The number of carbonyl (C=O) groups is 1. The lowest BCUT2D eigenvalue weighted by atomic mass is 9.96. The maximum absolute atomic E-state index is 13.0. The molecule has 0 spiro atoms. The molecule has 0 aliphatic heterocycles. The van der Waals surface area contributed by atoms with Crippen LogP contribution >= 0.6 is 0 Å². The fourth-order valence-electron chi connectivity index (χ4n) is 3.76. The van der Waals surface area contributed by atoms with E-state index in [2.05, 4.69) is 19.2 Å². The van der Waals surface area contributed by atoms with Crippen molar-refractivity contribution in [2.45, 2.75) is 32.9 Å². The maximum Gasteiger partial charge on any atom is 0.251 e. The van der Waals surface area contributed by atoms with E-state index in [1.165, 1.54) is 10.6 Å². The van der Waals surface area contributed by atoms with Gasteiger partial charge in [0.05, 0.1) is 31.6 Å². The topological polar surface area (TPSA) is 75.7 Å². The second kappa shape index (κ2) is 11.2. The van der Waals surface area contributed by atoms with Crippen LogP contribution in [0.15, 0.2) is 78.9 Å². The first-order valence-corrected chi connectivity index (χ1v) is 13.1. The summed E-state index contributed by atoms with van der Waals surface area (Å²) in [6.07, 6.45) is 1.97. The molecule has 0 saturated heterocycles. The molecule has 180 valence electrons.